The zero-order valence-electron chi connectivity index (χ0n) is 10.5. The molecule has 2 heterocycles. The van der Waals surface area contributed by atoms with E-state index in [2.05, 4.69) is 9.88 Å². The Kier molecular flexibility index (Phi) is 4.54. The van der Waals surface area contributed by atoms with Crippen LogP contribution in [0.2, 0.25) is 0 Å². The molecule has 1 fully saturated rings. The first-order chi connectivity index (χ1) is 8.69. The molecule has 0 aromatic carbocycles. The van der Waals surface area contributed by atoms with Crippen molar-refractivity contribution in [1.29, 1.82) is 0 Å². The van der Waals surface area contributed by atoms with Gasteiger partial charge in [-0.2, -0.15) is 0 Å². The van der Waals surface area contributed by atoms with E-state index in [0.29, 0.717) is 6.42 Å². The molecular formula is C12H18N2O3S. The monoisotopic (exact) mass is 270 g/mol. The number of nitrogens with zero attached hydrogens (tertiary/aromatic N) is 2. The van der Waals surface area contributed by atoms with Crippen LogP contribution in [0.5, 0.6) is 0 Å². The largest absolute Gasteiger partial charge is 0.481 e. The van der Waals surface area contributed by atoms with Gasteiger partial charge in [-0.3, -0.25) is 4.79 Å². The Bertz CT molecular complexity index is 408. The van der Waals surface area contributed by atoms with Crippen LogP contribution in [0.3, 0.4) is 0 Å². The molecule has 0 spiro atoms. The van der Waals surface area contributed by atoms with E-state index in [9.17, 15) is 4.79 Å². The van der Waals surface area contributed by atoms with Crippen LogP contribution < -0.4 is 4.90 Å². The topological polar surface area (TPSA) is 62.7 Å². The maximum atomic E-state index is 10.5. The SMILES string of the molecule is COC1CCCN(c2nc(CCC(=O)O)cs2)C1. The third-order valence-electron chi connectivity index (χ3n) is 3.12. The predicted molar refractivity (Wildman–Crippen MR) is 70.3 cm³/mol. The van der Waals surface area contributed by atoms with Crippen molar-refractivity contribution in [3.63, 3.8) is 0 Å². The quantitative estimate of drug-likeness (QED) is 0.883. The average Bonchev–Trinajstić information content (AvgIpc) is 2.85. The zero-order chi connectivity index (χ0) is 13.0. The number of methoxy groups -OCH3 is 1. The van der Waals surface area contributed by atoms with Crippen molar-refractivity contribution in [1.82, 2.24) is 4.98 Å². The van der Waals surface area contributed by atoms with Gasteiger partial charge in [0.2, 0.25) is 0 Å². The molecule has 0 aliphatic carbocycles. The summed E-state index contributed by atoms with van der Waals surface area (Å²) in [6.07, 6.45) is 3.15. The van der Waals surface area contributed by atoms with Gasteiger partial charge in [-0.15, -0.1) is 11.3 Å². The van der Waals surface area contributed by atoms with Gasteiger partial charge >= 0.3 is 5.97 Å². The minimum Gasteiger partial charge on any atom is -0.481 e. The van der Waals surface area contributed by atoms with Gasteiger partial charge in [-0.05, 0) is 12.8 Å². The third kappa shape index (κ3) is 3.43. The molecule has 5 nitrogen and oxygen atoms in total. The third-order valence-corrected chi connectivity index (χ3v) is 4.07. The van der Waals surface area contributed by atoms with Gasteiger partial charge < -0.3 is 14.7 Å². The highest BCUT2D eigenvalue weighted by atomic mass is 32.1. The zero-order valence-corrected chi connectivity index (χ0v) is 11.3. The minimum atomic E-state index is -0.776. The Morgan fingerprint density at radius 3 is 3.28 bits per heavy atom. The molecule has 18 heavy (non-hydrogen) atoms. The van der Waals surface area contributed by atoms with E-state index in [1.54, 1.807) is 18.4 Å². The summed E-state index contributed by atoms with van der Waals surface area (Å²) in [6.45, 7) is 1.88. The fourth-order valence-electron chi connectivity index (χ4n) is 2.10. The summed E-state index contributed by atoms with van der Waals surface area (Å²) in [6, 6.07) is 0. The highest BCUT2D eigenvalue weighted by Gasteiger charge is 2.21. The molecule has 1 unspecified atom stereocenters. The number of aromatic nitrogens is 1. The summed E-state index contributed by atoms with van der Waals surface area (Å²) in [7, 11) is 1.74. The van der Waals surface area contributed by atoms with Crippen molar-refractivity contribution in [2.75, 3.05) is 25.1 Å². The van der Waals surface area contributed by atoms with Crippen LogP contribution >= 0.6 is 11.3 Å². The normalized spacial score (nSPS) is 20.1. The number of carbonyl (C=O) groups is 1. The molecule has 0 radical (unpaired) electrons. The number of hydrogen-bond donors (Lipinski definition) is 1. The van der Waals surface area contributed by atoms with Crippen LogP contribution in [0.25, 0.3) is 0 Å². The molecule has 1 N–H and O–H groups in total. The molecule has 1 saturated heterocycles. The van der Waals surface area contributed by atoms with Crippen LogP contribution in [0, 0.1) is 0 Å². The van der Waals surface area contributed by atoms with Crippen LogP contribution in [-0.2, 0) is 16.0 Å². The molecule has 1 aromatic rings. The number of piperidine rings is 1. The van der Waals surface area contributed by atoms with E-state index in [1.807, 2.05) is 5.38 Å². The van der Waals surface area contributed by atoms with E-state index in [0.717, 1.165) is 36.8 Å². The number of carboxylic acids is 1. The highest BCUT2D eigenvalue weighted by molar-refractivity contribution is 7.13. The predicted octanol–water partition coefficient (Wildman–Crippen LogP) is 1.78. The molecule has 0 bridgehead atoms. The standard InChI is InChI=1S/C12H18N2O3S/c1-17-10-3-2-6-14(7-10)12-13-9(8-18-12)4-5-11(15)16/h8,10H,2-7H2,1H3,(H,15,16). The molecule has 0 saturated carbocycles. The van der Waals surface area contributed by atoms with E-state index in [4.69, 9.17) is 9.84 Å². The number of hydrogen-bond acceptors (Lipinski definition) is 5. The number of anilines is 1. The number of rotatable bonds is 5. The van der Waals surface area contributed by atoms with Crippen LogP contribution in [-0.4, -0.2) is 42.4 Å². The first-order valence-electron chi connectivity index (χ1n) is 6.13. The fraction of sp³-hybridized carbons (Fsp3) is 0.667. The summed E-state index contributed by atoms with van der Waals surface area (Å²) < 4.78 is 5.39. The minimum absolute atomic E-state index is 0.143. The van der Waals surface area contributed by atoms with Crippen molar-refractivity contribution in [3.8, 4) is 0 Å². The van der Waals surface area contributed by atoms with Crippen molar-refractivity contribution < 1.29 is 14.6 Å². The van der Waals surface area contributed by atoms with Crippen molar-refractivity contribution in [2.45, 2.75) is 31.8 Å². The summed E-state index contributed by atoms with van der Waals surface area (Å²) in [5.41, 5.74) is 0.872. The number of aryl methyl sites for hydroxylation is 1. The fourth-order valence-corrected chi connectivity index (χ4v) is 2.99. The maximum absolute atomic E-state index is 10.5. The van der Waals surface area contributed by atoms with Crippen LogP contribution in [0.4, 0.5) is 5.13 Å². The second-order valence-corrected chi connectivity index (χ2v) is 5.30. The second kappa shape index (κ2) is 6.15. The number of thiazole rings is 1. The molecule has 1 aliphatic rings. The highest BCUT2D eigenvalue weighted by Crippen LogP contribution is 2.25. The first-order valence-corrected chi connectivity index (χ1v) is 7.01. The molecule has 1 aromatic heterocycles. The lowest BCUT2D eigenvalue weighted by atomic mass is 10.1. The Morgan fingerprint density at radius 2 is 2.56 bits per heavy atom. The van der Waals surface area contributed by atoms with E-state index < -0.39 is 5.97 Å². The van der Waals surface area contributed by atoms with Crippen LogP contribution in [0.1, 0.15) is 25.0 Å². The van der Waals surface area contributed by atoms with Crippen molar-refractivity contribution in [3.05, 3.63) is 11.1 Å². The molecule has 1 aliphatic heterocycles. The number of ether oxygens (including phenoxy) is 1. The van der Waals surface area contributed by atoms with Gasteiger partial charge in [-0.25, -0.2) is 4.98 Å². The lowest BCUT2D eigenvalue weighted by molar-refractivity contribution is -0.136. The van der Waals surface area contributed by atoms with Gasteiger partial charge in [0.15, 0.2) is 5.13 Å². The Hall–Kier alpha value is -1.14. The molecule has 6 heteroatoms. The molecular weight excluding hydrogens is 252 g/mol. The van der Waals surface area contributed by atoms with E-state index in [1.165, 1.54) is 0 Å². The van der Waals surface area contributed by atoms with Gasteiger partial charge in [0, 0.05) is 32.0 Å². The van der Waals surface area contributed by atoms with Gasteiger partial charge in [0.05, 0.1) is 18.2 Å². The van der Waals surface area contributed by atoms with E-state index in [-0.39, 0.29) is 12.5 Å². The number of carboxylic acid groups (broad SMARTS) is 1. The first kappa shape index (κ1) is 13.3. The maximum Gasteiger partial charge on any atom is 0.303 e. The smallest absolute Gasteiger partial charge is 0.303 e. The van der Waals surface area contributed by atoms with Gasteiger partial charge in [0.1, 0.15) is 0 Å². The Labute approximate surface area is 110 Å². The van der Waals surface area contributed by atoms with Gasteiger partial charge in [0.25, 0.3) is 0 Å². The number of aliphatic carboxylic acids is 1. The summed E-state index contributed by atoms with van der Waals surface area (Å²) in [5, 5.41) is 11.6. The molecule has 0 amide bonds. The summed E-state index contributed by atoms with van der Waals surface area (Å²) in [5.74, 6) is -0.776. The van der Waals surface area contributed by atoms with Crippen molar-refractivity contribution in [2.24, 2.45) is 0 Å². The summed E-state index contributed by atoms with van der Waals surface area (Å²) >= 11 is 1.59. The molecule has 100 valence electrons. The van der Waals surface area contributed by atoms with Crippen molar-refractivity contribution >= 4 is 22.4 Å². The second-order valence-electron chi connectivity index (χ2n) is 4.46. The lowest BCUT2D eigenvalue weighted by Crippen LogP contribution is -2.39. The van der Waals surface area contributed by atoms with E-state index >= 15 is 0 Å². The molecule has 2 rings (SSSR count). The summed E-state index contributed by atoms with van der Waals surface area (Å²) in [4.78, 5) is 17.2. The average molecular weight is 270 g/mol. The Balaban J connectivity index is 1.94. The van der Waals surface area contributed by atoms with Crippen LogP contribution in [0.15, 0.2) is 5.38 Å². The lowest BCUT2D eigenvalue weighted by Gasteiger charge is -2.31. The molecule has 1 atom stereocenters. The Morgan fingerprint density at radius 1 is 1.72 bits per heavy atom. The van der Waals surface area contributed by atoms with Gasteiger partial charge in [-0.1, -0.05) is 0 Å².